The third-order valence-corrected chi connectivity index (χ3v) is 3.40. The molecule has 1 unspecified atom stereocenters. The Kier molecular flexibility index (Phi) is 2.24. The minimum absolute atomic E-state index is 0.0180. The third-order valence-electron chi connectivity index (χ3n) is 3.40. The Morgan fingerprint density at radius 2 is 2.12 bits per heavy atom. The molecule has 1 atom stereocenters. The van der Waals surface area contributed by atoms with Gasteiger partial charge >= 0.3 is 0 Å². The van der Waals surface area contributed by atoms with Crippen LogP contribution in [0, 0.1) is 0 Å². The largest absolute Gasteiger partial charge is 0.389 e. The molecule has 1 saturated carbocycles. The molecule has 1 heterocycles. The number of nitrogens with zero attached hydrogens (tertiary/aromatic N) is 1. The van der Waals surface area contributed by atoms with Gasteiger partial charge < -0.3 is 5.11 Å². The molecule has 0 aromatic heterocycles. The maximum absolute atomic E-state index is 11.9. The highest BCUT2D eigenvalue weighted by atomic mass is 16.7. The summed E-state index contributed by atoms with van der Waals surface area (Å²) in [6.45, 7) is 1.69. The second kappa shape index (κ2) is 3.55. The van der Waals surface area contributed by atoms with Gasteiger partial charge in [0.15, 0.2) is 0 Å². The molecule has 90 valence electrons. The van der Waals surface area contributed by atoms with Gasteiger partial charge in [-0.1, -0.05) is 18.2 Å². The summed E-state index contributed by atoms with van der Waals surface area (Å²) in [5, 5.41) is 11.1. The summed E-state index contributed by atoms with van der Waals surface area (Å²) in [5.41, 5.74) is 1.15. The van der Waals surface area contributed by atoms with E-state index in [-0.39, 0.29) is 11.5 Å². The van der Waals surface area contributed by atoms with Crippen LogP contribution in [0.15, 0.2) is 24.3 Å². The standard InChI is InChI=1S/C13H15NO3/c1-9(15)10-4-2-3-5-11(10)14-12(16)8-13(17-14)6-7-13/h2-5,9,15H,6-8H2,1H3. The summed E-state index contributed by atoms with van der Waals surface area (Å²) in [6.07, 6.45) is 1.75. The highest BCUT2D eigenvalue weighted by Gasteiger charge is 2.54. The van der Waals surface area contributed by atoms with Gasteiger partial charge in [0.1, 0.15) is 5.60 Å². The van der Waals surface area contributed by atoms with Gasteiger partial charge in [0.25, 0.3) is 5.91 Å². The summed E-state index contributed by atoms with van der Waals surface area (Å²) < 4.78 is 0. The number of rotatable bonds is 2. The van der Waals surface area contributed by atoms with Crippen molar-refractivity contribution in [1.29, 1.82) is 0 Å². The summed E-state index contributed by atoms with van der Waals surface area (Å²) >= 11 is 0. The number of aliphatic hydroxyl groups is 1. The molecule has 1 aliphatic carbocycles. The first-order valence-corrected chi connectivity index (χ1v) is 5.90. The molecule has 2 fully saturated rings. The highest BCUT2D eigenvalue weighted by Crippen LogP contribution is 2.49. The van der Waals surface area contributed by atoms with Gasteiger partial charge in [0, 0.05) is 5.56 Å². The molecule has 2 aliphatic rings. The monoisotopic (exact) mass is 233 g/mol. The number of carbonyl (C=O) groups excluding carboxylic acids is 1. The van der Waals surface area contributed by atoms with Crippen LogP contribution in [0.3, 0.4) is 0 Å². The van der Waals surface area contributed by atoms with Gasteiger partial charge in [-0.3, -0.25) is 9.63 Å². The zero-order chi connectivity index (χ0) is 12.0. The van der Waals surface area contributed by atoms with Crippen molar-refractivity contribution in [3.63, 3.8) is 0 Å². The molecule has 1 amide bonds. The molecule has 4 heteroatoms. The SMILES string of the molecule is CC(O)c1ccccc1N1OC2(CC2)CC1=O. The van der Waals surface area contributed by atoms with Crippen LogP contribution in [0.5, 0.6) is 0 Å². The van der Waals surface area contributed by atoms with Crippen LogP contribution in [0.2, 0.25) is 0 Å². The van der Waals surface area contributed by atoms with Crippen LogP contribution >= 0.6 is 0 Å². The molecule has 3 rings (SSSR count). The third kappa shape index (κ3) is 1.73. The topological polar surface area (TPSA) is 49.8 Å². The van der Waals surface area contributed by atoms with Crippen LogP contribution in [-0.4, -0.2) is 16.6 Å². The number of para-hydroxylation sites is 1. The van der Waals surface area contributed by atoms with E-state index in [1.807, 2.05) is 18.2 Å². The predicted molar refractivity (Wildman–Crippen MR) is 62.2 cm³/mol. The molecule has 1 aromatic rings. The number of aliphatic hydroxyl groups excluding tert-OH is 1. The van der Waals surface area contributed by atoms with Gasteiger partial charge in [-0.2, -0.15) is 5.06 Å². The fourth-order valence-corrected chi connectivity index (χ4v) is 2.24. The van der Waals surface area contributed by atoms with Gasteiger partial charge in [-0.05, 0) is 25.8 Å². The molecule has 1 N–H and O–H groups in total. The Balaban J connectivity index is 1.96. The fraction of sp³-hybridized carbons (Fsp3) is 0.462. The average Bonchev–Trinajstić information content (AvgIpc) is 2.96. The molecular formula is C13H15NO3. The Hall–Kier alpha value is -1.39. The van der Waals surface area contributed by atoms with E-state index in [0.717, 1.165) is 18.4 Å². The zero-order valence-corrected chi connectivity index (χ0v) is 9.72. The Morgan fingerprint density at radius 1 is 1.41 bits per heavy atom. The first kappa shape index (κ1) is 10.7. The summed E-state index contributed by atoms with van der Waals surface area (Å²) in [6, 6.07) is 7.31. The van der Waals surface area contributed by atoms with Crippen molar-refractivity contribution >= 4 is 11.6 Å². The molecule has 1 aliphatic heterocycles. The van der Waals surface area contributed by atoms with Crippen LogP contribution in [0.4, 0.5) is 5.69 Å². The molecule has 0 radical (unpaired) electrons. The van der Waals surface area contributed by atoms with Crippen molar-refractivity contribution in [2.45, 2.75) is 37.9 Å². The number of hydrogen-bond donors (Lipinski definition) is 1. The minimum atomic E-state index is -0.613. The van der Waals surface area contributed by atoms with Crippen LogP contribution in [0.25, 0.3) is 0 Å². The molecular weight excluding hydrogens is 218 g/mol. The summed E-state index contributed by atoms with van der Waals surface area (Å²) in [5.74, 6) is -0.0180. The smallest absolute Gasteiger partial charge is 0.253 e. The van der Waals surface area contributed by atoms with E-state index in [1.54, 1.807) is 13.0 Å². The Labute approximate surface area is 99.8 Å². The summed E-state index contributed by atoms with van der Waals surface area (Å²) in [4.78, 5) is 17.6. The van der Waals surface area contributed by atoms with Gasteiger partial charge in [-0.15, -0.1) is 0 Å². The van der Waals surface area contributed by atoms with E-state index in [4.69, 9.17) is 4.84 Å². The fourth-order valence-electron chi connectivity index (χ4n) is 2.24. The van der Waals surface area contributed by atoms with Crippen molar-refractivity contribution in [2.75, 3.05) is 5.06 Å². The minimum Gasteiger partial charge on any atom is -0.389 e. The quantitative estimate of drug-likeness (QED) is 0.849. The van der Waals surface area contributed by atoms with E-state index in [2.05, 4.69) is 0 Å². The van der Waals surface area contributed by atoms with Gasteiger partial charge in [0.05, 0.1) is 18.2 Å². The lowest BCUT2D eigenvalue weighted by Gasteiger charge is -2.20. The van der Waals surface area contributed by atoms with Crippen molar-refractivity contribution in [3.8, 4) is 0 Å². The zero-order valence-electron chi connectivity index (χ0n) is 9.72. The molecule has 4 nitrogen and oxygen atoms in total. The van der Waals surface area contributed by atoms with Gasteiger partial charge in [0.2, 0.25) is 0 Å². The van der Waals surface area contributed by atoms with Crippen LogP contribution in [-0.2, 0) is 9.63 Å². The maximum Gasteiger partial charge on any atom is 0.253 e. The summed E-state index contributed by atoms with van der Waals surface area (Å²) in [7, 11) is 0. The molecule has 0 bridgehead atoms. The number of hydrogen-bond acceptors (Lipinski definition) is 3. The van der Waals surface area contributed by atoms with Crippen LogP contribution < -0.4 is 5.06 Å². The van der Waals surface area contributed by atoms with E-state index in [1.165, 1.54) is 5.06 Å². The molecule has 1 saturated heterocycles. The number of amides is 1. The second-order valence-electron chi connectivity index (χ2n) is 4.87. The first-order valence-electron chi connectivity index (χ1n) is 5.90. The van der Waals surface area contributed by atoms with Crippen molar-refractivity contribution in [2.24, 2.45) is 0 Å². The number of carbonyl (C=O) groups is 1. The van der Waals surface area contributed by atoms with E-state index >= 15 is 0 Å². The maximum atomic E-state index is 11.9. The number of benzene rings is 1. The number of anilines is 1. The lowest BCUT2D eigenvalue weighted by atomic mass is 10.1. The molecule has 1 aromatic carbocycles. The first-order chi connectivity index (χ1) is 8.11. The van der Waals surface area contributed by atoms with Crippen molar-refractivity contribution in [1.82, 2.24) is 0 Å². The predicted octanol–water partition coefficient (Wildman–Crippen LogP) is 1.94. The Morgan fingerprint density at radius 3 is 2.71 bits per heavy atom. The second-order valence-corrected chi connectivity index (χ2v) is 4.87. The lowest BCUT2D eigenvalue weighted by molar-refractivity contribution is -0.119. The van der Waals surface area contributed by atoms with E-state index < -0.39 is 6.10 Å². The molecule has 17 heavy (non-hydrogen) atoms. The normalized spacial score (nSPS) is 23.2. The van der Waals surface area contributed by atoms with Gasteiger partial charge in [-0.25, -0.2) is 0 Å². The average molecular weight is 233 g/mol. The van der Waals surface area contributed by atoms with E-state index in [0.29, 0.717) is 12.1 Å². The van der Waals surface area contributed by atoms with Crippen molar-refractivity contribution < 1.29 is 14.7 Å². The van der Waals surface area contributed by atoms with Crippen LogP contribution in [0.1, 0.15) is 37.9 Å². The van der Waals surface area contributed by atoms with E-state index in [9.17, 15) is 9.90 Å². The number of hydroxylamine groups is 1. The highest BCUT2D eigenvalue weighted by molar-refractivity contribution is 5.95. The lowest BCUT2D eigenvalue weighted by Crippen LogP contribution is -2.24. The Bertz CT molecular complexity index is 465. The van der Waals surface area contributed by atoms with Crippen molar-refractivity contribution in [3.05, 3.63) is 29.8 Å². The molecule has 1 spiro atoms.